The summed E-state index contributed by atoms with van der Waals surface area (Å²) in [6, 6.07) is 2.10. The summed E-state index contributed by atoms with van der Waals surface area (Å²) in [5.74, 6) is 2.67. The molecule has 1 aromatic heterocycles. The van der Waals surface area contributed by atoms with Crippen molar-refractivity contribution < 1.29 is 4.79 Å². The highest BCUT2D eigenvalue weighted by atomic mass is 32.2. The van der Waals surface area contributed by atoms with Crippen LogP contribution in [-0.2, 0) is 4.79 Å². The minimum atomic E-state index is 0.0814. The van der Waals surface area contributed by atoms with Gasteiger partial charge in [0.1, 0.15) is 6.17 Å². The van der Waals surface area contributed by atoms with Crippen molar-refractivity contribution in [3.05, 3.63) is 22.4 Å². The van der Waals surface area contributed by atoms with E-state index in [1.54, 1.807) is 11.3 Å². The van der Waals surface area contributed by atoms with E-state index in [-0.39, 0.29) is 12.1 Å². The van der Waals surface area contributed by atoms with Crippen LogP contribution in [0.25, 0.3) is 0 Å². The molecule has 1 atom stereocenters. The third-order valence-electron chi connectivity index (χ3n) is 3.70. The first kappa shape index (κ1) is 13.4. The van der Waals surface area contributed by atoms with E-state index < -0.39 is 0 Å². The van der Waals surface area contributed by atoms with Crippen LogP contribution in [0, 0.1) is 0 Å². The number of nitrogens with zero attached hydrogens (tertiary/aromatic N) is 2. The van der Waals surface area contributed by atoms with Crippen molar-refractivity contribution in [2.75, 3.05) is 44.2 Å². The van der Waals surface area contributed by atoms with Gasteiger partial charge in [0.15, 0.2) is 0 Å². The molecular formula is C13H19N3OS2. The SMILES string of the molecule is O=C1CNC(c2ccsc2)N1CCN1CCSCC1. The number of nitrogens with one attached hydrogen (secondary N) is 1. The monoisotopic (exact) mass is 297 g/mol. The average molecular weight is 297 g/mol. The Bertz CT molecular complexity index is 418. The van der Waals surface area contributed by atoms with Crippen molar-refractivity contribution in [3.63, 3.8) is 0 Å². The summed E-state index contributed by atoms with van der Waals surface area (Å²) in [4.78, 5) is 16.5. The molecule has 0 aromatic carbocycles. The van der Waals surface area contributed by atoms with Gasteiger partial charge < -0.3 is 4.90 Å². The molecule has 3 heterocycles. The van der Waals surface area contributed by atoms with Crippen LogP contribution < -0.4 is 5.32 Å². The molecule has 104 valence electrons. The van der Waals surface area contributed by atoms with Crippen molar-refractivity contribution in [3.8, 4) is 0 Å². The zero-order valence-electron chi connectivity index (χ0n) is 10.9. The minimum absolute atomic E-state index is 0.0814. The highest BCUT2D eigenvalue weighted by Crippen LogP contribution is 2.24. The van der Waals surface area contributed by atoms with Gasteiger partial charge in [-0.3, -0.25) is 15.0 Å². The summed E-state index contributed by atoms with van der Waals surface area (Å²) < 4.78 is 0. The molecule has 3 rings (SSSR count). The normalized spacial score (nSPS) is 25.2. The molecule has 2 fully saturated rings. The first-order valence-corrected chi connectivity index (χ1v) is 8.79. The van der Waals surface area contributed by atoms with Crippen molar-refractivity contribution in [2.24, 2.45) is 0 Å². The lowest BCUT2D eigenvalue weighted by atomic mass is 10.2. The van der Waals surface area contributed by atoms with E-state index in [1.807, 2.05) is 16.7 Å². The number of hydrogen-bond donors (Lipinski definition) is 1. The van der Waals surface area contributed by atoms with Gasteiger partial charge in [0.2, 0.25) is 5.91 Å². The van der Waals surface area contributed by atoms with E-state index in [1.165, 1.54) is 17.1 Å². The van der Waals surface area contributed by atoms with Gasteiger partial charge in [-0.05, 0) is 22.4 Å². The van der Waals surface area contributed by atoms with Gasteiger partial charge in [0.05, 0.1) is 6.54 Å². The molecule has 19 heavy (non-hydrogen) atoms. The molecule has 6 heteroatoms. The summed E-state index contributed by atoms with van der Waals surface area (Å²) in [5.41, 5.74) is 1.21. The van der Waals surface area contributed by atoms with Gasteiger partial charge in [-0.1, -0.05) is 0 Å². The Morgan fingerprint density at radius 3 is 2.89 bits per heavy atom. The second-order valence-electron chi connectivity index (χ2n) is 4.88. The highest BCUT2D eigenvalue weighted by Gasteiger charge is 2.31. The van der Waals surface area contributed by atoms with Crippen LogP contribution in [0.4, 0.5) is 0 Å². The maximum atomic E-state index is 12.0. The van der Waals surface area contributed by atoms with Crippen LogP contribution in [0.2, 0.25) is 0 Å². The van der Waals surface area contributed by atoms with Crippen LogP contribution in [-0.4, -0.2) is 59.9 Å². The quantitative estimate of drug-likeness (QED) is 0.907. The molecule has 2 aliphatic rings. The molecule has 0 aliphatic carbocycles. The van der Waals surface area contributed by atoms with Gasteiger partial charge >= 0.3 is 0 Å². The van der Waals surface area contributed by atoms with Crippen LogP contribution in [0.15, 0.2) is 16.8 Å². The largest absolute Gasteiger partial charge is 0.321 e. The van der Waals surface area contributed by atoms with Crippen LogP contribution in [0.3, 0.4) is 0 Å². The van der Waals surface area contributed by atoms with E-state index in [0.717, 1.165) is 26.2 Å². The number of thiophene rings is 1. The predicted octanol–water partition coefficient (Wildman–Crippen LogP) is 1.23. The average Bonchev–Trinajstić information content (AvgIpc) is 3.07. The van der Waals surface area contributed by atoms with Crippen LogP contribution in [0.5, 0.6) is 0 Å². The Labute approximate surface area is 122 Å². The summed E-state index contributed by atoms with van der Waals surface area (Å²) in [6.45, 7) is 4.61. The molecule has 2 saturated heterocycles. The number of carbonyl (C=O) groups is 1. The summed E-state index contributed by atoms with van der Waals surface area (Å²) >= 11 is 3.71. The number of carbonyl (C=O) groups excluding carboxylic acids is 1. The van der Waals surface area contributed by atoms with Crippen LogP contribution >= 0.6 is 23.1 Å². The lowest BCUT2D eigenvalue weighted by molar-refractivity contribution is -0.128. The maximum absolute atomic E-state index is 12.0. The second-order valence-corrected chi connectivity index (χ2v) is 6.89. The van der Waals surface area contributed by atoms with Gasteiger partial charge in [0, 0.05) is 37.7 Å². The fourth-order valence-electron chi connectivity index (χ4n) is 2.60. The molecule has 0 spiro atoms. The molecule has 1 N–H and O–H groups in total. The molecule has 1 aromatic rings. The Morgan fingerprint density at radius 2 is 2.16 bits per heavy atom. The molecule has 4 nitrogen and oxygen atoms in total. The van der Waals surface area contributed by atoms with Gasteiger partial charge in [0.25, 0.3) is 0 Å². The summed E-state index contributed by atoms with van der Waals surface area (Å²) in [6.07, 6.45) is 0.0814. The Kier molecular flexibility index (Phi) is 4.42. The molecule has 0 radical (unpaired) electrons. The first-order valence-electron chi connectivity index (χ1n) is 6.69. The fraction of sp³-hybridized carbons (Fsp3) is 0.615. The third kappa shape index (κ3) is 3.13. The Morgan fingerprint density at radius 1 is 1.32 bits per heavy atom. The molecule has 2 aliphatic heterocycles. The van der Waals surface area contributed by atoms with E-state index in [4.69, 9.17) is 0 Å². The van der Waals surface area contributed by atoms with E-state index in [9.17, 15) is 4.79 Å². The highest BCUT2D eigenvalue weighted by molar-refractivity contribution is 7.99. The van der Waals surface area contributed by atoms with E-state index in [0.29, 0.717) is 6.54 Å². The number of hydrogen-bond acceptors (Lipinski definition) is 5. The molecule has 1 amide bonds. The van der Waals surface area contributed by atoms with Gasteiger partial charge in [-0.15, -0.1) is 0 Å². The zero-order valence-corrected chi connectivity index (χ0v) is 12.5. The lowest BCUT2D eigenvalue weighted by Crippen LogP contribution is -2.41. The molecule has 0 bridgehead atoms. The number of rotatable bonds is 4. The maximum Gasteiger partial charge on any atom is 0.238 e. The summed E-state index contributed by atoms with van der Waals surface area (Å²) in [5, 5.41) is 7.50. The van der Waals surface area contributed by atoms with Gasteiger partial charge in [-0.25, -0.2) is 0 Å². The number of amides is 1. The molecule has 0 saturated carbocycles. The topological polar surface area (TPSA) is 35.6 Å². The van der Waals surface area contributed by atoms with Gasteiger partial charge in [-0.2, -0.15) is 23.1 Å². The Balaban J connectivity index is 1.59. The van der Waals surface area contributed by atoms with Crippen molar-refractivity contribution in [2.45, 2.75) is 6.17 Å². The third-order valence-corrected chi connectivity index (χ3v) is 5.34. The fourth-order valence-corrected chi connectivity index (χ4v) is 4.25. The lowest BCUT2D eigenvalue weighted by Gasteiger charge is -2.30. The van der Waals surface area contributed by atoms with Crippen molar-refractivity contribution in [1.82, 2.24) is 15.1 Å². The minimum Gasteiger partial charge on any atom is -0.321 e. The zero-order chi connectivity index (χ0) is 13.1. The number of thioether (sulfide) groups is 1. The molecule has 1 unspecified atom stereocenters. The summed E-state index contributed by atoms with van der Waals surface area (Å²) in [7, 11) is 0. The predicted molar refractivity (Wildman–Crippen MR) is 80.5 cm³/mol. The Hall–Kier alpha value is -0.560. The second kappa shape index (κ2) is 6.26. The molecular weight excluding hydrogens is 278 g/mol. The van der Waals surface area contributed by atoms with Crippen LogP contribution in [0.1, 0.15) is 11.7 Å². The smallest absolute Gasteiger partial charge is 0.238 e. The van der Waals surface area contributed by atoms with Crippen molar-refractivity contribution in [1.29, 1.82) is 0 Å². The first-order chi connectivity index (χ1) is 9.34. The van der Waals surface area contributed by atoms with E-state index in [2.05, 4.69) is 27.0 Å². The standard InChI is InChI=1S/C13H19N3OS2/c17-12-9-14-13(11-1-6-19-10-11)16(12)3-2-15-4-7-18-8-5-15/h1,6,10,13-14H,2-5,7-9H2. The van der Waals surface area contributed by atoms with Crippen molar-refractivity contribution >= 4 is 29.0 Å². The van der Waals surface area contributed by atoms with E-state index >= 15 is 0 Å².